The van der Waals surface area contributed by atoms with Gasteiger partial charge in [-0.25, -0.2) is 4.79 Å². The van der Waals surface area contributed by atoms with E-state index in [-0.39, 0.29) is 5.41 Å². The molecular weight excluding hydrogens is 192 g/mol. The second kappa shape index (κ2) is 3.73. The highest BCUT2D eigenvalue weighted by molar-refractivity contribution is 5.67. The molecule has 4 nitrogen and oxygen atoms in total. The molecule has 0 spiro atoms. The Morgan fingerprint density at radius 1 is 1.47 bits per heavy atom. The van der Waals surface area contributed by atoms with Crippen LogP contribution in [0.2, 0.25) is 0 Å². The number of amides is 1. The van der Waals surface area contributed by atoms with E-state index in [1.165, 1.54) is 4.90 Å². The van der Waals surface area contributed by atoms with Crippen molar-refractivity contribution < 1.29 is 9.90 Å². The molecule has 1 N–H and O–H groups in total. The average Bonchev–Trinajstić information content (AvgIpc) is 2.15. The van der Waals surface area contributed by atoms with E-state index in [4.69, 9.17) is 5.11 Å². The predicted molar refractivity (Wildman–Crippen MR) is 56.4 cm³/mol. The van der Waals surface area contributed by atoms with Crippen LogP contribution in [0.1, 0.15) is 40.0 Å². The normalized spacial score (nSPS) is 27.2. The van der Waals surface area contributed by atoms with Crippen LogP contribution in [0.5, 0.6) is 0 Å². The van der Waals surface area contributed by atoms with Gasteiger partial charge in [0.25, 0.3) is 0 Å². The number of piperidine rings is 1. The van der Waals surface area contributed by atoms with Crippen LogP contribution in [0.25, 0.3) is 0 Å². The van der Waals surface area contributed by atoms with Gasteiger partial charge in [-0.3, -0.25) is 4.90 Å². The van der Waals surface area contributed by atoms with Crippen LogP contribution < -0.4 is 0 Å². The lowest BCUT2D eigenvalue weighted by Gasteiger charge is -2.48. The van der Waals surface area contributed by atoms with Crippen molar-refractivity contribution in [1.29, 1.82) is 5.26 Å². The molecular formula is C11H18N2O2. The van der Waals surface area contributed by atoms with Crippen LogP contribution in [0.15, 0.2) is 0 Å². The standard InChI is InChI=1S/C11H18N2O2/c1-10(2,3)11(8-12)6-4-5-7-13(11)9(14)15/h4-7H2,1-3H3,(H,14,15). The molecule has 0 bridgehead atoms. The number of rotatable bonds is 0. The summed E-state index contributed by atoms with van der Waals surface area (Å²) in [6.45, 7) is 6.26. The SMILES string of the molecule is CC(C)(C)C1(C#N)CCCCN1C(=O)O. The Bertz CT molecular complexity index is 301. The highest BCUT2D eigenvalue weighted by Crippen LogP contribution is 2.42. The highest BCUT2D eigenvalue weighted by Gasteiger charge is 2.50. The summed E-state index contributed by atoms with van der Waals surface area (Å²) in [6.07, 6.45) is 1.44. The molecule has 1 heterocycles. The molecule has 1 rings (SSSR count). The summed E-state index contributed by atoms with van der Waals surface area (Å²) in [6, 6.07) is 2.23. The van der Waals surface area contributed by atoms with Crippen LogP contribution in [-0.4, -0.2) is 28.2 Å². The molecule has 1 aliphatic rings. The van der Waals surface area contributed by atoms with Crippen molar-refractivity contribution in [1.82, 2.24) is 4.90 Å². The van der Waals surface area contributed by atoms with Gasteiger partial charge in [0.2, 0.25) is 0 Å². The zero-order valence-corrected chi connectivity index (χ0v) is 9.58. The number of hydrogen-bond donors (Lipinski definition) is 1. The number of hydrogen-bond acceptors (Lipinski definition) is 2. The largest absolute Gasteiger partial charge is 0.465 e. The third kappa shape index (κ3) is 1.79. The van der Waals surface area contributed by atoms with Gasteiger partial charge in [-0.1, -0.05) is 20.8 Å². The number of carbonyl (C=O) groups is 1. The van der Waals surface area contributed by atoms with E-state index in [0.717, 1.165) is 12.8 Å². The van der Waals surface area contributed by atoms with Crippen molar-refractivity contribution in [2.45, 2.75) is 45.6 Å². The number of nitriles is 1. The smallest absolute Gasteiger partial charge is 0.408 e. The van der Waals surface area contributed by atoms with E-state index in [1.807, 2.05) is 20.8 Å². The highest BCUT2D eigenvalue weighted by atomic mass is 16.4. The summed E-state index contributed by atoms with van der Waals surface area (Å²) in [7, 11) is 0. The van der Waals surface area contributed by atoms with Crippen LogP contribution in [0.3, 0.4) is 0 Å². The van der Waals surface area contributed by atoms with Gasteiger partial charge >= 0.3 is 6.09 Å². The van der Waals surface area contributed by atoms with Crippen molar-refractivity contribution in [2.75, 3.05) is 6.54 Å². The summed E-state index contributed by atoms with van der Waals surface area (Å²) in [5.74, 6) is 0. The summed E-state index contributed by atoms with van der Waals surface area (Å²) in [5.41, 5.74) is -1.21. The molecule has 1 saturated heterocycles. The minimum atomic E-state index is -0.980. The van der Waals surface area contributed by atoms with Crippen molar-refractivity contribution in [3.63, 3.8) is 0 Å². The molecule has 0 radical (unpaired) electrons. The first-order valence-corrected chi connectivity index (χ1v) is 5.27. The quantitative estimate of drug-likeness (QED) is 0.668. The lowest BCUT2D eigenvalue weighted by Crippen LogP contribution is -2.60. The summed E-state index contributed by atoms with van der Waals surface area (Å²) >= 11 is 0. The molecule has 15 heavy (non-hydrogen) atoms. The second-order valence-electron chi connectivity index (χ2n) is 5.11. The Kier molecular flexibility index (Phi) is 2.94. The van der Waals surface area contributed by atoms with Crippen LogP contribution in [0.4, 0.5) is 4.79 Å². The molecule has 1 unspecified atom stereocenters. The Labute approximate surface area is 90.5 Å². The maximum atomic E-state index is 11.2. The summed E-state index contributed by atoms with van der Waals surface area (Å²) in [5, 5.41) is 18.5. The Hall–Kier alpha value is -1.24. The molecule has 0 aliphatic carbocycles. The first-order valence-electron chi connectivity index (χ1n) is 5.27. The molecule has 0 aromatic carbocycles. The van der Waals surface area contributed by atoms with E-state index >= 15 is 0 Å². The van der Waals surface area contributed by atoms with Crippen molar-refractivity contribution in [3.05, 3.63) is 0 Å². The molecule has 0 saturated carbocycles. The molecule has 84 valence electrons. The van der Waals surface area contributed by atoms with Gasteiger partial charge in [-0.15, -0.1) is 0 Å². The fourth-order valence-electron chi connectivity index (χ4n) is 2.30. The number of likely N-dealkylation sites (tertiary alicyclic amines) is 1. The van der Waals surface area contributed by atoms with Gasteiger partial charge < -0.3 is 5.11 Å². The van der Waals surface area contributed by atoms with E-state index in [2.05, 4.69) is 6.07 Å². The van der Waals surface area contributed by atoms with Gasteiger partial charge in [0, 0.05) is 6.54 Å². The topological polar surface area (TPSA) is 64.3 Å². The van der Waals surface area contributed by atoms with Gasteiger partial charge in [0.15, 0.2) is 0 Å². The fraction of sp³-hybridized carbons (Fsp3) is 0.818. The van der Waals surface area contributed by atoms with Crippen LogP contribution in [0, 0.1) is 16.7 Å². The van der Waals surface area contributed by atoms with E-state index in [0.29, 0.717) is 13.0 Å². The van der Waals surface area contributed by atoms with Crippen molar-refractivity contribution in [3.8, 4) is 6.07 Å². The first-order chi connectivity index (χ1) is 6.85. The van der Waals surface area contributed by atoms with Crippen LogP contribution >= 0.6 is 0 Å². The van der Waals surface area contributed by atoms with E-state index in [1.54, 1.807) is 0 Å². The lowest BCUT2D eigenvalue weighted by molar-refractivity contribution is 0.0144. The Morgan fingerprint density at radius 2 is 2.07 bits per heavy atom. The molecule has 1 aliphatic heterocycles. The number of nitrogens with zero attached hydrogens (tertiary/aromatic N) is 2. The third-order valence-corrected chi connectivity index (χ3v) is 3.29. The predicted octanol–water partition coefficient (Wildman–Crippen LogP) is 2.46. The van der Waals surface area contributed by atoms with Gasteiger partial charge in [-0.05, 0) is 24.7 Å². The fourth-order valence-corrected chi connectivity index (χ4v) is 2.30. The molecule has 0 aromatic rings. The van der Waals surface area contributed by atoms with Crippen LogP contribution in [-0.2, 0) is 0 Å². The van der Waals surface area contributed by atoms with E-state index < -0.39 is 11.6 Å². The maximum Gasteiger partial charge on any atom is 0.408 e. The van der Waals surface area contributed by atoms with Crippen molar-refractivity contribution in [2.24, 2.45) is 5.41 Å². The van der Waals surface area contributed by atoms with Crippen molar-refractivity contribution >= 4 is 6.09 Å². The minimum absolute atomic E-state index is 0.347. The maximum absolute atomic E-state index is 11.2. The van der Waals surface area contributed by atoms with Gasteiger partial charge in [-0.2, -0.15) is 5.26 Å². The van der Waals surface area contributed by atoms with Gasteiger partial charge in [0.05, 0.1) is 6.07 Å². The molecule has 1 atom stereocenters. The first kappa shape index (κ1) is 11.8. The average molecular weight is 210 g/mol. The molecule has 1 fully saturated rings. The van der Waals surface area contributed by atoms with E-state index in [9.17, 15) is 10.1 Å². The monoisotopic (exact) mass is 210 g/mol. The Balaban J connectivity index is 3.14. The zero-order chi connectivity index (χ0) is 11.7. The second-order valence-corrected chi connectivity index (χ2v) is 5.11. The minimum Gasteiger partial charge on any atom is -0.465 e. The third-order valence-electron chi connectivity index (χ3n) is 3.29. The van der Waals surface area contributed by atoms with Gasteiger partial charge in [0.1, 0.15) is 5.54 Å². The number of carboxylic acid groups (broad SMARTS) is 1. The summed E-state index contributed by atoms with van der Waals surface area (Å²) < 4.78 is 0. The Morgan fingerprint density at radius 3 is 2.40 bits per heavy atom. The lowest BCUT2D eigenvalue weighted by atomic mass is 9.69. The summed E-state index contributed by atoms with van der Waals surface area (Å²) in [4.78, 5) is 12.5. The molecule has 4 heteroatoms. The molecule has 1 amide bonds. The zero-order valence-electron chi connectivity index (χ0n) is 9.58. The molecule has 0 aromatic heterocycles.